The first-order valence-corrected chi connectivity index (χ1v) is 6.57. The zero-order chi connectivity index (χ0) is 11.7. The van der Waals surface area contributed by atoms with Crippen molar-refractivity contribution in [2.75, 3.05) is 5.75 Å². The van der Waals surface area contributed by atoms with Crippen LogP contribution in [0.3, 0.4) is 0 Å². The van der Waals surface area contributed by atoms with Crippen LogP contribution in [0.25, 0.3) is 0 Å². The van der Waals surface area contributed by atoms with Gasteiger partial charge in [-0.2, -0.15) is 12.6 Å². The van der Waals surface area contributed by atoms with Gasteiger partial charge < -0.3 is 0 Å². The Hall–Kier alpha value is -0.430. The Balaban J connectivity index is 0.000000921. The molecule has 0 saturated heterocycles. The van der Waals surface area contributed by atoms with Gasteiger partial charge in [-0.05, 0) is 35.6 Å². The van der Waals surface area contributed by atoms with Gasteiger partial charge in [0.15, 0.2) is 0 Å². The van der Waals surface area contributed by atoms with E-state index < -0.39 is 0 Å². The summed E-state index contributed by atoms with van der Waals surface area (Å²) in [5, 5.41) is 0. The minimum absolute atomic E-state index is 0.638. The third kappa shape index (κ3) is 5.88. The lowest BCUT2D eigenvalue weighted by Crippen LogP contribution is -1.90. The maximum absolute atomic E-state index is 4.20. The Kier molecular flexibility index (Phi) is 8.59. The molecule has 0 saturated carbocycles. The largest absolute Gasteiger partial charge is 0.179 e. The summed E-state index contributed by atoms with van der Waals surface area (Å²) in [6.45, 7) is 8.45. The molecule has 0 unspecified atom stereocenters. The molecule has 86 valence electrons. The zero-order valence-electron chi connectivity index (χ0n) is 10.5. The summed E-state index contributed by atoms with van der Waals surface area (Å²) in [4.78, 5) is 0. The van der Waals surface area contributed by atoms with Gasteiger partial charge in [-0.1, -0.05) is 52.0 Å². The number of hydrogen-bond acceptors (Lipinski definition) is 1. The van der Waals surface area contributed by atoms with Gasteiger partial charge in [0.1, 0.15) is 0 Å². The van der Waals surface area contributed by atoms with Crippen LogP contribution >= 0.6 is 12.6 Å². The number of aryl methyl sites for hydroxylation is 1. The van der Waals surface area contributed by atoms with Crippen LogP contribution in [0.15, 0.2) is 24.3 Å². The molecule has 0 atom stereocenters. The SMILES string of the molecule is CC.CC(C)c1ccc(CCCS)cc1. The molecule has 0 aliphatic carbocycles. The van der Waals surface area contributed by atoms with Crippen LogP contribution in [0.2, 0.25) is 0 Å². The molecule has 0 fully saturated rings. The van der Waals surface area contributed by atoms with Crippen LogP contribution in [0, 0.1) is 0 Å². The average Bonchev–Trinajstić information content (AvgIpc) is 2.29. The van der Waals surface area contributed by atoms with Gasteiger partial charge in [-0.3, -0.25) is 0 Å². The fourth-order valence-electron chi connectivity index (χ4n) is 1.35. The lowest BCUT2D eigenvalue weighted by atomic mass is 10.0. The fourth-order valence-corrected chi connectivity index (χ4v) is 1.51. The first-order valence-electron chi connectivity index (χ1n) is 5.93. The molecule has 0 spiro atoms. The fraction of sp³-hybridized carbons (Fsp3) is 0.571. The van der Waals surface area contributed by atoms with Gasteiger partial charge >= 0.3 is 0 Å². The summed E-state index contributed by atoms with van der Waals surface area (Å²) in [5.41, 5.74) is 2.85. The van der Waals surface area contributed by atoms with Crippen molar-refractivity contribution in [3.63, 3.8) is 0 Å². The number of thiol groups is 1. The third-order valence-corrected chi connectivity index (χ3v) is 2.59. The van der Waals surface area contributed by atoms with Crippen LogP contribution in [0.5, 0.6) is 0 Å². The van der Waals surface area contributed by atoms with E-state index in [1.54, 1.807) is 0 Å². The van der Waals surface area contributed by atoms with Gasteiger partial charge in [-0.25, -0.2) is 0 Å². The first-order chi connectivity index (χ1) is 7.24. The van der Waals surface area contributed by atoms with E-state index in [9.17, 15) is 0 Å². The molecule has 1 aromatic rings. The molecule has 0 heterocycles. The lowest BCUT2D eigenvalue weighted by Gasteiger charge is -2.06. The van der Waals surface area contributed by atoms with E-state index in [-0.39, 0.29) is 0 Å². The van der Waals surface area contributed by atoms with E-state index in [1.807, 2.05) is 13.8 Å². The van der Waals surface area contributed by atoms with Crippen molar-refractivity contribution in [1.82, 2.24) is 0 Å². The predicted octanol–water partition coefficient (Wildman–Crippen LogP) is 4.70. The molecule has 0 radical (unpaired) electrons. The normalized spacial score (nSPS) is 9.73. The van der Waals surface area contributed by atoms with Crippen molar-refractivity contribution in [3.05, 3.63) is 35.4 Å². The second kappa shape index (κ2) is 8.84. The molecule has 0 aliphatic rings. The van der Waals surface area contributed by atoms with Crippen LogP contribution in [0.1, 0.15) is 51.2 Å². The van der Waals surface area contributed by atoms with E-state index in [2.05, 4.69) is 50.7 Å². The van der Waals surface area contributed by atoms with Crippen molar-refractivity contribution in [3.8, 4) is 0 Å². The van der Waals surface area contributed by atoms with E-state index in [0.717, 1.165) is 12.2 Å². The van der Waals surface area contributed by atoms with Gasteiger partial charge in [0.25, 0.3) is 0 Å². The van der Waals surface area contributed by atoms with Gasteiger partial charge in [0.2, 0.25) is 0 Å². The highest BCUT2D eigenvalue weighted by atomic mass is 32.1. The Morgan fingerprint density at radius 3 is 2.00 bits per heavy atom. The van der Waals surface area contributed by atoms with E-state index in [4.69, 9.17) is 0 Å². The second-order valence-electron chi connectivity index (χ2n) is 3.72. The van der Waals surface area contributed by atoms with E-state index >= 15 is 0 Å². The van der Waals surface area contributed by atoms with E-state index in [0.29, 0.717) is 5.92 Å². The molecule has 1 rings (SSSR count). The van der Waals surface area contributed by atoms with Crippen molar-refractivity contribution >= 4 is 12.6 Å². The third-order valence-electron chi connectivity index (χ3n) is 2.27. The summed E-state index contributed by atoms with van der Waals surface area (Å²) < 4.78 is 0. The number of benzene rings is 1. The molecule has 1 aromatic carbocycles. The van der Waals surface area contributed by atoms with E-state index in [1.165, 1.54) is 17.5 Å². The standard InChI is InChI=1S/C12H18S.C2H6/c1-10(2)12-7-5-11(6-8-12)4-3-9-13;1-2/h5-8,10,13H,3-4,9H2,1-2H3;1-2H3. The van der Waals surface area contributed by atoms with Gasteiger partial charge in [0, 0.05) is 0 Å². The average molecular weight is 224 g/mol. The lowest BCUT2D eigenvalue weighted by molar-refractivity contribution is 0.861. The summed E-state index contributed by atoms with van der Waals surface area (Å²) in [6.07, 6.45) is 2.33. The van der Waals surface area contributed by atoms with Crippen molar-refractivity contribution in [1.29, 1.82) is 0 Å². The Morgan fingerprint density at radius 2 is 1.60 bits per heavy atom. The van der Waals surface area contributed by atoms with Crippen LogP contribution in [0.4, 0.5) is 0 Å². The minimum Gasteiger partial charge on any atom is -0.179 e. The molecular weight excluding hydrogens is 200 g/mol. The van der Waals surface area contributed by atoms with Gasteiger partial charge in [0.05, 0.1) is 0 Å². The first kappa shape index (κ1) is 14.6. The van der Waals surface area contributed by atoms with Crippen molar-refractivity contribution in [2.45, 2.75) is 46.5 Å². The number of rotatable bonds is 4. The van der Waals surface area contributed by atoms with Gasteiger partial charge in [-0.15, -0.1) is 0 Å². The molecule has 0 nitrogen and oxygen atoms in total. The monoisotopic (exact) mass is 224 g/mol. The second-order valence-corrected chi connectivity index (χ2v) is 4.17. The van der Waals surface area contributed by atoms with Crippen LogP contribution in [-0.4, -0.2) is 5.75 Å². The zero-order valence-corrected chi connectivity index (χ0v) is 11.3. The molecule has 1 heteroatoms. The number of hydrogen-bond donors (Lipinski definition) is 1. The maximum atomic E-state index is 4.20. The highest BCUT2D eigenvalue weighted by molar-refractivity contribution is 7.80. The maximum Gasteiger partial charge on any atom is -0.00947 e. The minimum atomic E-state index is 0.638. The van der Waals surface area contributed by atoms with Crippen molar-refractivity contribution in [2.24, 2.45) is 0 Å². The molecule has 15 heavy (non-hydrogen) atoms. The molecule has 0 aromatic heterocycles. The highest BCUT2D eigenvalue weighted by Gasteiger charge is 1.98. The Morgan fingerprint density at radius 1 is 1.07 bits per heavy atom. The highest BCUT2D eigenvalue weighted by Crippen LogP contribution is 2.15. The predicted molar refractivity (Wildman–Crippen MR) is 74.1 cm³/mol. The van der Waals surface area contributed by atoms with Crippen molar-refractivity contribution < 1.29 is 0 Å². The topological polar surface area (TPSA) is 0 Å². The summed E-state index contributed by atoms with van der Waals surface area (Å²) in [5.74, 6) is 1.62. The summed E-state index contributed by atoms with van der Waals surface area (Å²) >= 11 is 4.20. The Labute approximate surface area is 101 Å². The van der Waals surface area contributed by atoms with Crippen LogP contribution in [-0.2, 0) is 6.42 Å². The molecule has 0 bridgehead atoms. The van der Waals surface area contributed by atoms with Crippen LogP contribution < -0.4 is 0 Å². The smallest absolute Gasteiger partial charge is 0.00947 e. The molecule has 0 aliphatic heterocycles. The molecule has 0 N–H and O–H groups in total. The molecule has 0 amide bonds. The quantitative estimate of drug-likeness (QED) is 0.704. The summed E-state index contributed by atoms with van der Waals surface area (Å²) in [6, 6.07) is 8.94. The Bertz CT molecular complexity index is 236. The summed E-state index contributed by atoms with van der Waals surface area (Å²) in [7, 11) is 0. The molecular formula is C14H24S.